The lowest BCUT2D eigenvalue weighted by Gasteiger charge is -2.19. The number of hydrogen-bond acceptors (Lipinski definition) is 3. The van der Waals surface area contributed by atoms with Crippen molar-refractivity contribution in [2.45, 2.75) is 37.5 Å². The number of carbonyl (C=O) groups excluding carboxylic acids is 1. The number of amides is 1. The summed E-state index contributed by atoms with van der Waals surface area (Å²) in [6.07, 6.45) is 3.44. The molecule has 0 bridgehead atoms. The molecule has 1 N–H and O–H groups in total. The molecular formula is C20H21BrN2O3S. The molecule has 4 rings (SSSR count). The summed E-state index contributed by atoms with van der Waals surface area (Å²) in [6.45, 7) is 2.64. The number of sulfonamides is 1. The molecule has 0 saturated heterocycles. The van der Waals surface area contributed by atoms with Crippen molar-refractivity contribution >= 4 is 43.2 Å². The fourth-order valence-corrected chi connectivity index (χ4v) is 5.60. The van der Waals surface area contributed by atoms with E-state index in [2.05, 4.69) is 20.7 Å². The average Bonchev–Trinajstić information content (AvgIpc) is 3.40. The Balaban J connectivity index is 1.68. The van der Waals surface area contributed by atoms with Crippen LogP contribution < -0.4 is 9.62 Å². The Labute approximate surface area is 167 Å². The highest BCUT2D eigenvalue weighted by Gasteiger charge is 2.37. The van der Waals surface area contributed by atoms with E-state index in [1.165, 1.54) is 0 Å². The maximum absolute atomic E-state index is 13.0. The average molecular weight is 449 g/mol. The maximum Gasteiger partial charge on any atom is 0.263 e. The second-order valence-electron chi connectivity index (χ2n) is 7.08. The van der Waals surface area contributed by atoms with Crippen molar-refractivity contribution in [2.75, 3.05) is 16.2 Å². The number of fused-ring (bicyclic) bond motifs is 1. The Hall–Kier alpha value is -1.86. The SMILES string of the molecule is CCc1cccc(NS(=O)(=O)c2cc3c(cc2Br)CCN3C(=O)C2CC2)c1. The minimum absolute atomic E-state index is 0.106. The smallest absolute Gasteiger partial charge is 0.263 e. The lowest BCUT2D eigenvalue weighted by Crippen LogP contribution is -2.30. The molecule has 1 fully saturated rings. The van der Waals surface area contributed by atoms with Gasteiger partial charge in [0.2, 0.25) is 5.91 Å². The van der Waals surface area contributed by atoms with E-state index in [1.807, 2.05) is 31.2 Å². The van der Waals surface area contributed by atoms with Crippen LogP contribution in [0.3, 0.4) is 0 Å². The zero-order valence-electron chi connectivity index (χ0n) is 15.0. The molecule has 2 aliphatic rings. The Morgan fingerprint density at radius 3 is 2.74 bits per heavy atom. The highest BCUT2D eigenvalue weighted by atomic mass is 79.9. The van der Waals surface area contributed by atoms with Crippen molar-refractivity contribution in [2.24, 2.45) is 5.92 Å². The number of aryl methyl sites for hydroxylation is 1. The fraction of sp³-hybridized carbons (Fsp3) is 0.350. The van der Waals surface area contributed by atoms with E-state index in [-0.39, 0.29) is 16.7 Å². The normalized spacial score (nSPS) is 16.3. The van der Waals surface area contributed by atoms with E-state index >= 15 is 0 Å². The van der Waals surface area contributed by atoms with Gasteiger partial charge in [0, 0.05) is 28.3 Å². The summed E-state index contributed by atoms with van der Waals surface area (Å²) in [5.41, 5.74) is 3.32. The first kappa shape index (κ1) is 18.5. The molecule has 142 valence electrons. The van der Waals surface area contributed by atoms with Crippen molar-refractivity contribution in [3.8, 4) is 0 Å². The second kappa shape index (κ2) is 6.95. The Morgan fingerprint density at radius 1 is 1.26 bits per heavy atom. The van der Waals surface area contributed by atoms with Gasteiger partial charge >= 0.3 is 0 Å². The van der Waals surface area contributed by atoms with Gasteiger partial charge in [0.15, 0.2) is 0 Å². The number of anilines is 2. The van der Waals surface area contributed by atoms with E-state index < -0.39 is 10.0 Å². The van der Waals surface area contributed by atoms with Crippen LogP contribution >= 0.6 is 15.9 Å². The van der Waals surface area contributed by atoms with Crippen molar-refractivity contribution in [1.29, 1.82) is 0 Å². The van der Waals surface area contributed by atoms with Gasteiger partial charge in [-0.2, -0.15) is 0 Å². The van der Waals surface area contributed by atoms with Crippen LogP contribution in [0.4, 0.5) is 11.4 Å². The number of nitrogens with zero attached hydrogens (tertiary/aromatic N) is 1. The van der Waals surface area contributed by atoms with Gasteiger partial charge in [0.05, 0.1) is 0 Å². The first-order valence-electron chi connectivity index (χ1n) is 9.14. The molecule has 0 atom stereocenters. The maximum atomic E-state index is 13.0. The van der Waals surface area contributed by atoms with Gasteiger partial charge < -0.3 is 4.90 Å². The molecule has 2 aromatic rings. The van der Waals surface area contributed by atoms with Crippen LogP contribution in [-0.4, -0.2) is 20.9 Å². The van der Waals surface area contributed by atoms with Crippen molar-refractivity contribution < 1.29 is 13.2 Å². The van der Waals surface area contributed by atoms with Gasteiger partial charge in [-0.3, -0.25) is 9.52 Å². The number of rotatable bonds is 5. The Kier molecular flexibility index (Phi) is 4.76. The third-order valence-corrected chi connectivity index (χ3v) is 7.44. The summed E-state index contributed by atoms with van der Waals surface area (Å²) in [5, 5.41) is 0. The summed E-state index contributed by atoms with van der Waals surface area (Å²) in [6, 6.07) is 10.8. The molecule has 0 aromatic heterocycles. The Morgan fingerprint density at radius 2 is 2.04 bits per heavy atom. The highest BCUT2D eigenvalue weighted by Crippen LogP contribution is 2.39. The number of halogens is 1. The molecule has 0 unspecified atom stereocenters. The molecule has 27 heavy (non-hydrogen) atoms. The van der Waals surface area contributed by atoms with Gasteiger partial charge in [0.1, 0.15) is 4.90 Å². The van der Waals surface area contributed by atoms with E-state index in [1.54, 1.807) is 17.0 Å². The molecule has 1 saturated carbocycles. The molecule has 1 amide bonds. The molecule has 2 aromatic carbocycles. The van der Waals surface area contributed by atoms with Gasteiger partial charge in [-0.05, 0) is 77.0 Å². The molecule has 1 aliphatic heterocycles. The molecule has 1 aliphatic carbocycles. The minimum Gasteiger partial charge on any atom is -0.312 e. The molecule has 7 heteroatoms. The Bertz CT molecular complexity index is 1020. The predicted octanol–water partition coefficient (Wildman–Crippen LogP) is 4.11. The fourth-order valence-electron chi connectivity index (χ4n) is 3.44. The number of carbonyl (C=O) groups is 1. The van der Waals surface area contributed by atoms with Crippen LogP contribution in [0.2, 0.25) is 0 Å². The first-order valence-corrected chi connectivity index (χ1v) is 11.4. The summed E-state index contributed by atoms with van der Waals surface area (Å²) >= 11 is 3.40. The summed E-state index contributed by atoms with van der Waals surface area (Å²) in [5.74, 6) is 0.220. The molecular weight excluding hydrogens is 428 g/mol. The third kappa shape index (κ3) is 3.62. The van der Waals surface area contributed by atoms with Gasteiger partial charge in [-0.1, -0.05) is 19.1 Å². The van der Waals surface area contributed by atoms with Crippen molar-refractivity contribution in [3.05, 3.63) is 52.0 Å². The van der Waals surface area contributed by atoms with E-state index in [4.69, 9.17) is 0 Å². The van der Waals surface area contributed by atoms with Crippen molar-refractivity contribution in [1.82, 2.24) is 0 Å². The van der Waals surface area contributed by atoms with Crippen LogP contribution in [0.25, 0.3) is 0 Å². The standard InChI is InChI=1S/C20H21BrN2O3S/c1-2-13-4-3-5-16(10-13)22-27(25,26)19-12-18-15(11-17(19)21)8-9-23(18)20(24)14-6-7-14/h3-5,10-12,14,22H,2,6-9H2,1H3. The van der Waals surface area contributed by atoms with E-state index in [9.17, 15) is 13.2 Å². The monoisotopic (exact) mass is 448 g/mol. The zero-order chi connectivity index (χ0) is 19.2. The predicted molar refractivity (Wildman–Crippen MR) is 110 cm³/mol. The van der Waals surface area contributed by atoms with Gasteiger partial charge in [-0.25, -0.2) is 8.42 Å². The quantitative estimate of drug-likeness (QED) is 0.747. The summed E-state index contributed by atoms with van der Waals surface area (Å²) in [4.78, 5) is 14.4. The van der Waals surface area contributed by atoms with Gasteiger partial charge in [0.25, 0.3) is 10.0 Å². The molecule has 5 nitrogen and oxygen atoms in total. The number of benzene rings is 2. The molecule has 0 spiro atoms. The summed E-state index contributed by atoms with van der Waals surface area (Å²) in [7, 11) is -3.78. The van der Waals surface area contributed by atoms with E-state index in [0.717, 1.165) is 42.5 Å². The zero-order valence-corrected chi connectivity index (χ0v) is 17.4. The number of nitrogens with one attached hydrogen (secondary N) is 1. The number of hydrogen-bond donors (Lipinski definition) is 1. The van der Waals surface area contributed by atoms with Gasteiger partial charge in [-0.15, -0.1) is 0 Å². The van der Waals surface area contributed by atoms with Crippen LogP contribution in [0.1, 0.15) is 30.9 Å². The minimum atomic E-state index is -3.78. The molecule has 0 radical (unpaired) electrons. The van der Waals surface area contributed by atoms with Crippen LogP contribution in [0, 0.1) is 5.92 Å². The van der Waals surface area contributed by atoms with Crippen LogP contribution in [-0.2, 0) is 27.7 Å². The third-order valence-electron chi connectivity index (χ3n) is 5.10. The van der Waals surface area contributed by atoms with Crippen LogP contribution in [0.5, 0.6) is 0 Å². The highest BCUT2D eigenvalue weighted by molar-refractivity contribution is 9.10. The topological polar surface area (TPSA) is 66.5 Å². The lowest BCUT2D eigenvalue weighted by atomic mass is 10.1. The summed E-state index contributed by atoms with van der Waals surface area (Å²) < 4.78 is 29.2. The largest absolute Gasteiger partial charge is 0.312 e. The second-order valence-corrected chi connectivity index (χ2v) is 9.59. The van der Waals surface area contributed by atoms with Crippen molar-refractivity contribution in [3.63, 3.8) is 0 Å². The van der Waals surface area contributed by atoms with Crippen LogP contribution in [0.15, 0.2) is 45.8 Å². The molecule has 1 heterocycles. The lowest BCUT2D eigenvalue weighted by molar-refractivity contribution is -0.119. The first-order chi connectivity index (χ1) is 12.9. The van der Waals surface area contributed by atoms with E-state index in [0.29, 0.717) is 16.7 Å².